The molecule has 10 nitrogen and oxygen atoms in total. The quantitative estimate of drug-likeness (QED) is 0.356. The Balaban J connectivity index is 2.05. The average Bonchev–Trinajstić information content (AvgIpc) is 3.33. The van der Waals surface area contributed by atoms with E-state index in [0.29, 0.717) is 25.8 Å². The minimum absolute atomic E-state index is 0.128. The van der Waals surface area contributed by atoms with Crippen molar-refractivity contribution in [1.82, 2.24) is 20.4 Å². The van der Waals surface area contributed by atoms with E-state index < -0.39 is 42.5 Å². The lowest BCUT2D eigenvalue weighted by Gasteiger charge is -2.29. The molecule has 2 saturated heterocycles. The van der Waals surface area contributed by atoms with Crippen LogP contribution >= 0.6 is 0 Å². The number of carbonyl (C=O) groups excluding carboxylic acids is 4. The van der Waals surface area contributed by atoms with Gasteiger partial charge in [0, 0.05) is 6.54 Å². The summed E-state index contributed by atoms with van der Waals surface area (Å²) in [6, 6.07) is -3.02. The van der Waals surface area contributed by atoms with E-state index in [-0.39, 0.29) is 17.9 Å². The van der Waals surface area contributed by atoms with Gasteiger partial charge in [0.25, 0.3) is 0 Å². The number of hydrogen-bond donors (Lipinski definition) is 4. The van der Waals surface area contributed by atoms with Gasteiger partial charge in [-0.25, -0.2) is 0 Å². The van der Waals surface area contributed by atoms with Crippen LogP contribution in [-0.4, -0.2) is 89.4 Å². The summed E-state index contributed by atoms with van der Waals surface area (Å²) < 4.78 is 0. The zero-order valence-corrected chi connectivity index (χ0v) is 18.1. The first-order valence-corrected chi connectivity index (χ1v) is 10.7. The van der Waals surface area contributed by atoms with E-state index in [9.17, 15) is 24.3 Å². The van der Waals surface area contributed by atoms with E-state index in [1.165, 1.54) is 4.90 Å². The number of likely N-dealkylation sites (N-methyl/N-ethyl adjacent to an activating group) is 1. The Hall–Kier alpha value is -2.20. The summed E-state index contributed by atoms with van der Waals surface area (Å²) in [5.74, 6) is -1.76. The molecule has 0 spiro atoms. The van der Waals surface area contributed by atoms with Crippen LogP contribution < -0.4 is 16.4 Å². The van der Waals surface area contributed by atoms with Crippen molar-refractivity contribution in [3.05, 3.63) is 0 Å². The molecule has 10 heteroatoms. The molecule has 0 aromatic rings. The molecule has 2 aliphatic heterocycles. The van der Waals surface area contributed by atoms with Crippen molar-refractivity contribution in [2.45, 2.75) is 70.1 Å². The SMILES string of the molecule is CC(C)C[C@H](NC(=O)[C@@H]1CCCN1C)C(=O)N[C@@H](CO)C(=O)N1CCC[C@H]1C(N)=O. The molecule has 0 saturated carbocycles. The molecule has 0 unspecified atom stereocenters. The zero-order chi connectivity index (χ0) is 22.4. The van der Waals surface area contributed by atoms with Gasteiger partial charge >= 0.3 is 0 Å². The van der Waals surface area contributed by atoms with Crippen molar-refractivity contribution in [1.29, 1.82) is 0 Å². The summed E-state index contributed by atoms with van der Waals surface area (Å²) in [6.07, 6.45) is 3.15. The first-order valence-electron chi connectivity index (χ1n) is 10.7. The van der Waals surface area contributed by atoms with Crippen LogP contribution in [0.5, 0.6) is 0 Å². The van der Waals surface area contributed by atoms with E-state index in [4.69, 9.17) is 5.73 Å². The van der Waals surface area contributed by atoms with Gasteiger partial charge in [0.2, 0.25) is 23.6 Å². The van der Waals surface area contributed by atoms with Crippen molar-refractivity contribution in [2.24, 2.45) is 11.7 Å². The van der Waals surface area contributed by atoms with Crippen molar-refractivity contribution < 1.29 is 24.3 Å². The van der Waals surface area contributed by atoms with Crippen LogP contribution in [0.4, 0.5) is 0 Å². The van der Waals surface area contributed by atoms with Gasteiger partial charge in [-0.05, 0) is 51.6 Å². The Labute approximate surface area is 177 Å². The molecule has 2 fully saturated rings. The zero-order valence-electron chi connectivity index (χ0n) is 18.1. The third-order valence-corrected chi connectivity index (χ3v) is 5.82. The molecule has 0 aromatic heterocycles. The highest BCUT2D eigenvalue weighted by atomic mass is 16.3. The number of rotatable bonds is 9. The summed E-state index contributed by atoms with van der Waals surface area (Å²) in [5.41, 5.74) is 5.36. The fraction of sp³-hybridized carbons (Fsp3) is 0.800. The first-order chi connectivity index (χ1) is 14.1. The minimum atomic E-state index is -1.20. The Bertz CT molecular complexity index is 655. The Morgan fingerprint density at radius 2 is 1.67 bits per heavy atom. The van der Waals surface area contributed by atoms with Crippen LogP contribution in [0.1, 0.15) is 46.0 Å². The highest BCUT2D eigenvalue weighted by Gasteiger charge is 2.38. The van der Waals surface area contributed by atoms with Crippen LogP contribution in [0.2, 0.25) is 0 Å². The van der Waals surface area contributed by atoms with Crippen molar-refractivity contribution in [2.75, 3.05) is 26.7 Å². The van der Waals surface area contributed by atoms with E-state index >= 15 is 0 Å². The van der Waals surface area contributed by atoms with Crippen LogP contribution in [0.3, 0.4) is 0 Å². The van der Waals surface area contributed by atoms with Gasteiger partial charge in [0.1, 0.15) is 18.1 Å². The van der Waals surface area contributed by atoms with Gasteiger partial charge in [-0.1, -0.05) is 13.8 Å². The molecule has 2 heterocycles. The number of nitrogens with one attached hydrogen (secondary N) is 2. The second-order valence-electron chi connectivity index (χ2n) is 8.67. The van der Waals surface area contributed by atoms with Crippen LogP contribution in [0, 0.1) is 5.92 Å². The molecular formula is C20H35N5O5. The predicted octanol–water partition coefficient (Wildman–Crippen LogP) is -1.44. The molecular weight excluding hydrogens is 390 g/mol. The van der Waals surface area contributed by atoms with E-state index in [0.717, 1.165) is 19.4 Å². The second kappa shape index (κ2) is 10.7. The number of amides is 4. The maximum Gasteiger partial charge on any atom is 0.248 e. The molecule has 0 bridgehead atoms. The second-order valence-corrected chi connectivity index (χ2v) is 8.67. The van der Waals surface area contributed by atoms with Crippen LogP contribution in [0.25, 0.3) is 0 Å². The largest absolute Gasteiger partial charge is 0.394 e. The van der Waals surface area contributed by atoms with Gasteiger partial charge in [-0.2, -0.15) is 0 Å². The molecule has 0 aliphatic carbocycles. The number of nitrogens with two attached hydrogens (primary N) is 1. The molecule has 0 radical (unpaired) electrons. The smallest absolute Gasteiger partial charge is 0.248 e. The van der Waals surface area contributed by atoms with E-state index in [1.54, 1.807) is 0 Å². The van der Waals surface area contributed by atoms with E-state index in [1.807, 2.05) is 25.8 Å². The monoisotopic (exact) mass is 425 g/mol. The number of hydrogen-bond acceptors (Lipinski definition) is 6. The fourth-order valence-corrected chi connectivity index (χ4v) is 4.20. The van der Waals surface area contributed by atoms with Gasteiger partial charge in [-0.15, -0.1) is 0 Å². The Morgan fingerprint density at radius 3 is 2.20 bits per heavy atom. The molecule has 4 amide bonds. The summed E-state index contributed by atoms with van der Waals surface area (Å²) in [5, 5.41) is 15.1. The third-order valence-electron chi connectivity index (χ3n) is 5.82. The average molecular weight is 426 g/mol. The Kier molecular flexibility index (Phi) is 8.60. The third kappa shape index (κ3) is 5.91. The van der Waals surface area contributed by atoms with Crippen molar-refractivity contribution >= 4 is 23.6 Å². The first kappa shape index (κ1) is 24.1. The molecule has 2 rings (SSSR count). The molecule has 0 aromatic carbocycles. The Morgan fingerprint density at radius 1 is 1.03 bits per heavy atom. The molecule has 2 aliphatic rings. The fourth-order valence-electron chi connectivity index (χ4n) is 4.20. The summed E-state index contributed by atoms with van der Waals surface area (Å²) in [6.45, 7) is 4.44. The summed E-state index contributed by atoms with van der Waals surface area (Å²) in [7, 11) is 1.88. The molecule has 30 heavy (non-hydrogen) atoms. The normalized spacial score (nSPS) is 24.0. The summed E-state index contributed by atoms with van der Waals surface area (Å²) in [4.78, 5) is 53.2. The number of aliphatic hydroxyl groups is 1. The number of aliphatic hydroxyl groups excluding tert-OH is 1. The highest BCUT2D eigenvalue weighted by Crippen LogP contribution is 2.18. The lowest BCUT2D eigenvalue weighted by Crippen LogP contribution is -2.58. The minimum Gasteiger partial charge on any atom is -0.394 e. The molecule has 170 valence electrons. The van der Waals surface area contributed by atoms with Gasteiger partial charge < -0.3 is 26.4 Å². The van der Waals surface area contributed by atoms with Gasteiger partial charge in [0.05, 0.1) is 12.6 Å². The summed E-state index contributed by atoms with van der Waals surface area (Å²) >= 11 is 0. The van der Waals surface area contributed by atoms with E-state index in [2.05, 4.69) is 10.6 Å². The standard InChI is InChI=1S/C20H35N5O5/c1-12(2)10-13(22-19(29)16-7-4-8-24(16)3)18(28)23-14(11-26)20(30)25-9-5-6-15(25)17(21)27/h12-16,26H,4-11H2,1-3H3,(H2,21,27)(H,22,29)(H,23,28)/t13-,14-,15-,16-/m0/s1. The lowest BCUT2D eigenvalue weighted by atomic mass is 10.0. The van der Waals surface area contributed by atoms with Crippen molar-refractivity contribution in [3.63, 3.8) is 0 Å². The number of likely N-dealkylation sites (tertiary alicyclic amines) is 2. The molecule has 4 atom stereocenters. The highest BCUT2D eigenvalue weighted by molar-refractivity contribution is 5.95. The topological polar surface area (TPSA) is 145 Å². The lowest BCUT2D eigenvalue weighted by molar-refractivity contribution is -0.142. The number of carbonyl (C=O) groups is 4. The number of primary amides is 1. The van der Waals surface area contributed by atoms with Crippen LogP contribution in [0.15, 0.2) is 0 Å². The van der Waals surface area contributed by atoms with Gasteiger partial charge in [-0.3, -0.25) is 24.1 Å². The number of nitrogens with zero attached hydrogens (tertiary/aromatic N) is 2. The predicted molar refractivity (Wildman–Crippen MR) is 110 cm³/mol. The van der Waals surface area contributed by atoms with Gasteiger partial charge in [0.15, 0.2) is 0 Å². The van der Waals surface area contributed by atoms with Crippen molar-refractivity contribution in [3.8, 4) is 0 Å². The van der Waals surface area contributed by atoms with Crippen LogP contribution in [-0.2, 0) is 19.2 Å². The maximum atomic E-state index is 12.9. The maximum absolute atomic E-state index is 12.9. The molecule has 5 N–H and O–H groups in total.